The molecule has 0 unspecified atom stereocenters. The third-order valence-corrected chi connectivity index (χ3v) is 3.61. The molecule has 6 heteroatoms. The number of hydrogen-bond acceptors (Lipinski definition) is 4. The van der Waals surface area contributed by atoms with Crippen molar-refractivity contribution >= 4 is 16.9 Å². The van der Waals surface area contributed by atoms with E-state index in [0.717, 1.165) is 28.8 Å². The van der Waals surface area contributed by atoms with E-state index in [1.807, 2.05) is 12.1 Å². The number of amides is 1. The second-order valence-electron chi connectivity index (χ2n) is 5.72. The highest BCUT2D eigenvalue weighted by atomic mass is 16.1. The van der Waals surface area contributed by atoms with Crippen molar-refractivity contribution in [2.75, 3.05) is 6.54 Å². The summed E-state index contributed by atoms with van der Waals surface area (Å²) in [6.07, 6.45) is 5.26. The number of rotatable bonds is 5. The fraction of sp³-hybridized carbons (Fsp3) is 0.294. The van der Waals surface area contributed by atoms with Crippen LogP contribution in [0.2, 0.25) is 0 Å². The van der Waals surface area contributed by atoms with Crippen LogP contribution in [0.3, 0.4) is 0 Å². The van der Waals surface area contributed by atoms with Gasteiger partial charge in [0.05, 0.1) is 17.2 Å². The van der Waals surface area contributed by atoms with Gasteiger partial charge in [-0.2, -0.15) is 0 Å². The van der Waals surface area contributed by atoms with Gasteiger partial charge < -0.3 is 10.3 Å². The molecule has 0 spiro atoms. The zero-order chi connectivity index (χ0) is 16.2. The maximum Gasteiger partial charge on any atom is 0.271 e. The second-order valence-corrected chi connectivity index (χ2v) is 5.72. The molecule has 0 bridgehead atoms. The summed E-state index contributed by atoms with van der Waals surface area (Å²) in [5.41, 5.74) is 3.49. The summed E-state index contributed by atoms with van der Waals surface area (Å²) < 4.78 is 0. The number of H-pyrrole nitrogens is 1. The number of nitrogens with zero attached hydrogens (tertiary/aromatic N) is 3. The molecule has 0 saturated heterocycles. The molecule has 0 atom stereocenters. The van der Waals surface area contributed by atoms with Gasteiger partial charge in [-0.05, 0) is 24.1 Å². The van der Waals surface area contributed by atoms with E-state index in [2.05, 4.69) is 45.2 Å². The average molecular weight is 309 g/mol. The molecule has 2 N–H and O–H groups in total. The Bertz CT molecular complexity index is 810. The largest absolute Gasteiger partial charge is 0.350 e. The fourth-order valence-corrected chi connectivity index (χ4v) is 2.33. The quantitative estimate of drug-likeness (QED) is 0.758. The van der Waals surface area contributed by atoms with Gasteiger partial charge in [0.1, 0.15) is 11.5 Å². The maximum atomic E-state index is 11.9. The lowest BCUT2D eigenvalue weighted by Crippen LogP contribution is -2.26. The number of nitrogens with one attached hydrogen (secondary N) is 2. The SMILES string of the molecule is CC(C)c1nc2ccc(CCNC(=O)c3cnccn3)cc2[nH]1. The molecule has 1 aromatic carbocycles. The Morgan fingerprint density at radius 1 is 1.30 bits per heavy atom. The van der Waals surface area contributed by atoms with Crippen LogP contribution in [0.15, 0.2) is 36.8 Å². The van der Waals surface area contributed by atoms with E-state index >= 15 is 0 Å². The van der Waals surface area contributed by atoms with Crippen LogP contribution < -0.4 is 5.32 Å². The Hall–Kier alpha value is -2.76. The van der Waals surface area contributed by atoms with Gasteiger partial charge in [0, 0.05) is 24.9 Å². The molecule has 2 heterocycles. The van der Waals surface area contributed by atoms with Gasteiger partial charge in [-0.1, -0.05) is 19.9 Å². The van der Waals surface area contributed by atoms with Gasteiger partial charge in [-0.15, -0.1) is 0 Å². The predicted molar refractivity (Wildman–Crippen MR) is 88.3 cm³/mol. The Morgan fingerprint density at radius 2 is 2.17 bits per heavy atom. The topological polar surface area (TPSA) is 83.6 Å². The molecular formula is C17H19N5O. The van der Waals surface area contributed by atoms with Crippen LogP contribution >= 0.6 is 0 Å². The first kappa shape index (κ1) is 15.1. The number of aromatic amines is 1. The van der Waals surface area contributed by atoms with E-state index in [4.69, 9.17) is 0 Å². The highest BCUT2D eigenvalue weighted by Crippen LogP contribution is 2.18. The van der Waals surface area contributed by atoms with E-state index in [0.29, 0.717) is 18.2 Å². The molecule has 0 saturated carbocycles. The van der Waals surface area contributed by atoms with Crippen molar-refractivity contribution < 1.29 is 4.79 Å². The zero-order valence-corrected chi connectivity index (χ0v) is 13.2. The number of fused-ring (bicyclic) bond motifs is 1. The summed E-state index contributed by atoms with van der Waals surface area (Å²) >= 11 is 0. The lowest BCUT2D eigenvalue weighted by Gasteiger charge is -2.04. The lowest BCUT2D eigenvalue weighted by atomic mass is 10.1. The number of hydrogen-bond donors (Lipinski definition) is 2. The molecule has 1 amide bonds. The molecule has 3 rings (SSSR count). The first-order valence-corrected chi connectivity index (χ1v) is 7.66. The minimum Gasteiger partial charge on any atom is -0.350 e. The van der Waals surface area contributed by atoms with Gasteiger partial charge in [0.2, 0.25) is 0 Å². The summed E-state index contributed by atoms with van der Waals surface area (Å²) in [7, 11) is 0. The molecule has 118 valence electrons. The normalized spacial score (nSPS) is 11.1. The average Bonchev–Trinajstić information content (AvgIpc) is 2.99. The van der Waals surface area contributed by atoms with Gasteiger partial charge in [0.15, 0.2) is 0 Å². The highest BCUT2D eigenvalue weighted by Gasteiger charge is 2.08. The van der Waals surface area contributed by atoms with Crippen LogP contribution in [-0.2, 0) is 6.42 Å². The minimum absolute atomic E-state index is 0.206. The van der Waals surface area contributed by atoms with E-state index in [1.54, 1.807) is 6.20 Å². The van der Waals surface area contributed by atoms with Gasteiger partial charge in [-0.25, -0.2) is 9.97 Å². The van der Waals surface area contributed by atoms with E-state index in [9.17, 15) is 4.79 Å². The first-order valence-electron chi connectivity index (χ1n) is 7.66. The minimum atomic E-state index is -0.206. The Labute approximate surface area is 134 Å². The fourth-order valence-electron chi connectivity index (χ4n) is 2.33. The molecule has 0 radical (unpaired) electrons. The summed E-state index contributed by atoms with van der Waals surface area (Å²) in [5, 5.41) is 2.85. The van der Waals surface area contributed by atoms with Crippen LogP contribution in [0.1, 0.15) is 41.6 Å². The predicted octanol–water partition coefficient (Wildman–Crippen LogP) is 2.45. The summed E-state index contributed by atoms with van der Waals surface area (Å²) in [6, 6.07) is 6.14. The molecule has 3 aromatic rings. The molecule has 0 aliphatic carbocycles. The molecular weight excluding hydrogens is 290 g/mol. The smallest absolute Gasteiger partial charge is 0.271 e. The molecule has 2 aromatic heterocycles. The van der Waals surface area contributed by atoms with Crippen molar-refractivity contribution in [1.82, 2.24) is 25.3 Å². The standard InChI is InChI=1S/C17H19N5O/c1-11(2)16-21-13-4-3-12(9-14(13)22-16)5-6-20-17(23)15-10-18-7-8-19-15/h3-4,7-11H,5-6H2,1-2H3,(H,20,23)(H,21,22). The van der Waals surface area contributed by atoms with Gasteiger partial charge in [0.25, 0.3) is 5.91 Å². The molecule has 6 nitrogen and oxygen atoms in total. The van der Waals surface area contributed by atoms with Crippen LogP contribution in [0, 0.1) is 0 Å². The lowest BCUT2D eigenvalue weighted by molar-refractivity contribution is 0.0948. The van der Waals surface area contributed by atoms with Crippen molar-refractivity contribution in [2.24, 2.45) is 0 Å². The third kappa shape index (κ3) is 3.53. The van der Waals surface area contributed by atoms with Gasteiger partial charge >= 0.3 is 0 Å². The van der Waals surface area contributed by atoms with E-state index < -0.39 is 0 Å². The van der Waals surface area contributed by atoms with Crippen molar-refractivity contribution in [1.29, 1.82) is 0 Å². The molecule has 23 heavy (non-hydrogen) atoms. The second kappa shape index (κ2) is 6.56. The summed E-state index contributed by atoms with van der Waals surface area (Å²) in [5.74, 6) is 1.16. The Kier molecular flexibility index (Phi) is 4.32. The van der Waals surface area contributed by atoms with Crippen molar-refractivity contribution in [2.45, 2.75) is 26.2 Å². The number of carbonyl (C=O) groups excluding carboxylic acids is 1. The molecule has 0 fully saturated rings. The molecule has 0 aliphatic heterocycles. The van der Waals surface area contributed by atoms with Crippen LogP contribution in [0.4, 0.5) is 0 Å². The molecule has 0 aliphatic rings. The summed E-state index contributed by atoms with van der Waals surface area (Å²) in [6.45, 7) is 4.77. The monoisotopic (exact) mass is 309 g/mol. The number of aromatic nitrogens is 4. The Morgan fingerprint density at radius 3 is 2.91 bits per heavy atom. The first-order chi connectivity index (χ1) is 11.1. The van der Waals surface area contributed by atoms with Gasteiger partial charge in [-0.3, -0.25) is 9.78 Å². The van der Waals surface area contributed by atoms with Crippen molar-refractivity contribution in [3.63, 3.8) is 0 Å². The van der Waals surface area contributed by atoms with Crippen LogP contribution in [0.5, 0.6) is 0 Å². The number of benzene rings is 1. The highest BCUT2D eigenvalue weighted by molar-refractivity contribution is 5.91. The van der Waals surface area contributed by atoms with E-state index in [-0.39, 0.29) is 5.91 Å². The van der Waals surface area contributed by atoms with Crippen LogP contribution in [0.25, 0.3) is 11.0 Å². The number of imidazole rings is 1. The van der Waals surface area contributed by atoms with Crippen LogP contribution in [-0.4, -0.2) is 32.4 Å². The van der Waals surface area contributed by atoms with Crippen molar-refractivity contribution in [3.05, 3.63) is 53.9 Å². The zero-order valence-electron chi connectivity index (χ0n) is 13.2. The maximum absolute atomic E-state index is 11.9. The summed E-state index contributed by atoms with van der Waals surface area (Å²) in [4.78, 5) is 27.7. The number of carbonyl (C=O) groups is 1. The third-order valence-electron chi connectivity index (χ3n) is 3.61. The van der Waals surface area contributed by atoms with E-state index in [1.165, 1.54) is 12.4 Å². The van der Waals surface area contributed by atoms with Crippen molar-refractivity contribution in [3.8, 4) is 0 Å². The Balaban J connectivity index is 1.62.